The summed E-state index contributed by atoms with van der Waals surface area (Å²) in [6, 6.07) is 19.4. The summed E-state index contributed by atoms with van der Waals surface area (Å²) in [5.41, 5.74) is 1.78. The first-order chi connectivity index (χ1) is 18.7. The van der Waals surface area contributed by atoms with Crippen molar-refractivity contribution in [1.82, 2.24) is 4.90 Å². The van der Waals surface area contributed by atoms with Crippen LogP contribution < -0.4 is 14.2 Å². The van der Waals surface area contributed by atoms with Gasteiger partial charge in [0.05, 0.1) is 32.3 Å². The van der Waals surface area contributed by atoms with Gasteiger partial charge in [-0.25, -0.2) is 9.69 Å². The van der Waals surface area contributed by atoms with E-state index in [1.165, 1.54) is 14.2 Å². The van der Waals surface area contributed by atoms with E-state index in [2.05, 4.69) is 15.9 Å². The van der Waals surface area contributed by atoms with Crippen LogP contribution in [0.4, 0.5) is 4.79 Å². The Labute approximate surface area is 236 Å². The molecular weight excluding hydrogens is 566 g/mol. The molecule has 1 N–H and O–H groups in total. The Hall–Kier alpha value is -3.56. The zero-order valence-corrected chi connectivity index (χ0v) is 23.9. The number of rotatable bonds is 10. The number of methoxy groups -OCH3 is 2. The zero-order valence-electron chi connectivity index (χ0n) is 22.3. The average molecular weight is 598 g/mol. The number of carbonyl (C=O) groups excluding carboxylic acids is 2. The Bertz CT molecular complexity index is 1310. The van der Waals surface area contributed by atoms with Gasteiger partial charge in [0.25, 0.3) is 0 Å². The van der Waals surface area contributed by atoms with Crippen molar-refractivity contribution in [3.8, 4) is 17.2 Å². The summed E-state index contributed by atoms with van der Waals surface area (Å²) >= 11 is 3.50. The Morgan fingerprint density at radius 2 is 1.72 bits per heavy atom. The van der Waals surface area contributed by atoms with Gasteiger partial charge in [0.1, 0.15) is 19.0 Å². The van der Waals surface area contributed by atoms with Crippen molar-refractivity contribution in [1.29, 1.82) is 0 Å². The Kier molecular flexibility index (Phi) is 9.14. The summed E-state index contributed by atoms with van der Waals surface area (Å²) in [4.78, 5) is 28.2. The van der Waals surface area contributed by atoms with E-state index in [4.69, 9.17) is 18.9 Å². The minimum Gasteiger partial charge on any atom is -0.493 e. The maximum absolute atomic E-state index is 14.2. The Morgan fingerprint density at radius 3 is 2.38 bits per heavy atom. The van der Waals surface area contributed by atoms with Gasteiger partial charge in [0.15, 0.2) is 11.5 Å². The normalized spacial score (nSPS) is 16.5. The molecule has 0 bridgehead atoms. The van der Waals surface area contributed by atoms with E-state index in [1.807, 2.05) is 44.2 Å². The molecule has 1 saturated heterocycles. The van der Waals surface area contributed by atoms with E-state index < -0.39 is 30.1 Å². The number of nitrogens with zero attached hydrogens (tertiary/aromatic N) is 1. The maximum Gasteiger partial charge on any atom is 0.417 e. The van der Waals surface area contributed by atoms with Crippen LogP contribution in [0.3, 0.4) is 0 Å². The highest BCUT2D eigenvalue weighted by Crippen LogP contribution is 2.42. The number of amides is 2. The van der Waals surface area contributed by atoms with Crippen molar-refractivity contribution in [2.75, 3.05) is 20.8 Å². The number of carbonyl (C=O) groups is 2. The minimum atomic E-state index is -1.35. The highest BCUT2D eigenvalue weighted by Gasteiger charge is 2.45. The Morgan fingerprint density at radius 1 is 1.03 bits per heavy atom. The number of imide groups is 1. The van der Waals surface area contributed by atoms with Gasteiger partial charge >= 0.3 is 6.09 Å². The van der Waals surface area contributed by atoms with Crippen molar-refractivity contribution >= 4 is 27.9 Å². The maximum atomic E-state index is 14.2. The van der Waals surface area contributed by atoms with Crippen LogP contribution in [0.2, 0.25) is 0 Å². The summed E-state index contributed by atoms with van der Waals surface area (Å²) in [5.74, 6) is -0.534. The molecule has 0 aliphatic carbocycles. The van der Waals surface area contributed by atoms with E-state index in [0.717, 1.165) is 10.5 Å². The molecule has 0 saturated carbocycles. The van der Waals surface area contributed by atoms with Crippen molar-refractivity contribution in [3.63, 3.8) is 0 Å². The number of ether oxygens (including phenoxy) is 4. The molecule has 2 amide bonds. The zero-order chi connectivity index (χ0) is 28.1. The van der Waals surface area contributed by atoms with E-state index in [9.17, 15) is 14.7 Å². The third-order valence-corrected chi connectivity index (χ3v) is 7.28. The van der Waals surface area contributed by atoms with Crippen LogP contribution in [0.25, 0.3) is 0 Å². The number of benzene rings is 3. The minimum absolute atomic E-state index is 0.0458. The molecule has 1 unspecified atom stereocenters. The number of aliphatic hydroxyl groups excluding tert-OH is 1. The quantitative estimate of drug-likeness (QED) is 0.312. The molecule has 206 valence electrons. The van der Waals surface area contributed by atoms with Crippen LogP contribution in [-0.2, 0) is 16.1 Å². The fourth-order valence-corrected chi connectivity index (χ4v) is 5.01. The second-order valence-corrected chi connectivity index (χ2v) is 10.5. The number of hydrogen-bond acceptors (Lipinski definition) is 7. The van der Waals surface area contributed by atoms with Gasteiger partial charge in [-0.2, -0.15) is 0 Å². The van der Waals surface area contributed by atoms with E-state index >= 15 is 0 Å². The standard InChI is InChI=1S/C30H32BrNO7/c1-18(2)23-17-39-30(35)32(23)29(34)27(28(33)20-10-12-25(36-3)26(14-20)37-4)22-15-21(31)11-13-24(22)38-16-19-8-6-5-7-9-19/h5-15,18,23,27-28,33H,16-17H2,1-4H3/t23-,27+,28?/m0/s1. The summed E-state index contributed by atoms with van der Waals surface area (Å²) in [6.45, 7) is 4.18. The van der Waals surface area contributed by atoms with Gasteiger partial charge in [-0.1, -0.05) is 66.2 Å². The first-order valence-electron chi connectivity index (χ1n) is 12.6. The summed E-state index contributed by atoms with van der Waals surface area (Å²) in [5, 5.41) is 11.8. The van der Waals surface area contributed by atoms with Crippen molar-refractivity contribution in [2.45, 2.75) is 38.5 Å². The lowest BCUT2D eigenvalue weighted by Crippen LogP contribution is -2.45. The number of cyclic esters (lactones) is 1. The molecule has 3 aromatic carbocycles. The largest absolute Gasteiger partial charge is 0.493 e. The van der Waals surface area contributed by atoms with E-state index in [1.54, 1.807) is 36.4 Å². The van der Waals surface area contributed by atoms with Crippen LogP contribution >= 0.6 is 15.9 Å². The second-order valence-electron chi connectivity index (χ2n) is 9.59. The number of hydrogen-bond donors (Lipinski definition) is 1. The van der Waals surface area contributed by atoms with Gasteiger partial charge in [0, 0.05) is 10.0 Å². The van der Waals surface area contributed by atoms with Crippen molar-refractivity contribution < 1.29 is 33.6 Å². The predicted octanol–water partition coefficient (Wildman–Crippen LogP) is 5.87. The van der Waals surface area contributed by atoms with Gasteiger partial charge in [0.2, 0.25) is 5.91 Å². The van der Waals surface area contributed by atoms with E-state index in [0.29, 0.717) is 32.8 Å². The monoisotopic (exact) mass is 597 g/mol. The van der Waals surface area contributed by atoms with Crippen LogP contribution in [0.5, 0.6) is 17.2 Å². The smallest absolute Gasteiger partial charge is 0.417 e. The first-order valence-corrected chi connectivity index (χ1v) is 13.4. The summed E-state index contributed by atoms with van der Waals surface area (Å²) in [7, 11) is 3.01. The molecule has 1 fully saturated rings. The van der Waals surface area contributed by atoms with Crippen molar-refractivity contribution in [2.24, 2.45) is 5.92 Å². The molecule has 0 aromatic heterocycles. The molecule has 39 heavy (non-hydrogen) atoms. The lowest BCUT2D eigenvalue weighted by atomic mass is 9.86. The average Bonchev–Trinajstić information content (AvgIpc) is 3.34. The lowest BCUT2D eigenvalue weighted by Gasteiger charge is -2.31. The van der Waals surface area contributed by atoms with Crippen LogP contribution in [0.1, 0.15) is 42.6 Å². The third kappa shape index (κ3) is 6.20. The van der Waals surface area contributed by atoms with Gasteiger partial charge < -0.3 is 24.1 Å². The van der Waals surface area contributed by atoms with Gasteiger partial charge in [-0.15, -0.1) is 0 Å². The molecule has 3 aromatic rings. The summed E-state index contributed by atoms with van der Waals surface area (Å²) in [6.07, 6.45) is -2.09. The highest BCUT2D eigenvalue weighted by molar-refractivity contribution is 9.10. The lowest BCUT2D eigenvalue weighted by molar-refractivity contribution is -0.134. The van der Waals surface area contributed by atoms with Gasteiger partial charge in [-0.3, -0.25) is 4.79 Å². The SMILES string of the molecule is COc1ccc(C(O)[C@H](C(=O)N2C(=O)OC[C@H]2C(C)C)c2cc(Br)ccc2OCc2ccccc2)cc1OC. The van der Waals surface area contributed by atoms with Gasteiger partial charge in [-0.05, 0) is 47.4 Å². The molecule has 9 heteroatoms. The van der Waals surface area contributed by atoms with Crippen LogP contribution in [0, 0.1) is 5.92 Å². The molecule has 0 spiro atoms. The van der Waals surface area contributed by atoms with Crippen LogP contribution in [0.15, 0.2) is 71.2 Å². The Balaban J connectivity index is 1.81. The number of aliphatic hydroxyl groups is 1. The molecule has 1 heterocycles. The topological polar surface area (TPSA) is 94.5 Å². The summed E-state index contributed by atoms with van der Waals surface area (Å²) < 4.78 is 22.9. The molecule has 1 aliphatic heterocycles. The third-order valence-electron chi connectivity index (χ3n) is 6.79. The molecule has 3 atom stereocenters. The molecule has 4 rings (SSSR count). The van der Waals surface area contributed by atoms with Crippen LogP contribution in [-0.4, -0.2) is 48.9 Å². The molecule has 1 aliphatic rings. The fraction of sp³-hybridized carbons (Fsp3) is 0.333. The molecule has 8 nitrogen and oxygen atoms in total. The predicted molar refractivity (Wildman–Crippen MR) is 149 cm³/mol. The second kappa shape index (κ2) is 12.5. The highest BCUT2D eigenvalue weighted by atomic mass is 79.9. The molecular formula is C30H32BrNO7. The first kappa shape index (κ1) is 28.4. The number of halogens is 1. The fourth-order valence-electron chi connectivity index (χ4n) is 4.63. The van der Waals surface area contributed by atoms with E-state index in [-0.39, 0.29) is 19.1 Å². The molecule has 0 radical (unpaired) electrons. The van der Waals surface area contributed by atoms with Crippen molar-refractivity contribution in [3.05, 3.63) is 87.9 Å².